The maximum atomic E-state index is 11.0. The first kappa shape index (κ1) is 20.7. The highest BCUT2D eigenvalue weighted by Crippen LogP contribution is 2.48. The number of aliphatic hydroxyl groups is 2. The van der Waals surface area contributed by atoms with E-state index in [-0.39, 0.29) is 22.1 Å². The van der Waals surface area contributed by atoms with Crippen molar-refractivity contribution in [2.24, 2.45) is 17.3 Å². The highest BCUT2D eigenvalue weighted by molar-refractivity contribution is 9.09. The Kier molecular flexibility index (Phi) is 6.17. The molecule has 2 nitrogen and oxygen atoms in total. The van der Waals surface area contributed by atoms with Crippen molar-refractivity contribution in [3.63, 3.8) is 0 Å². The van der Waals surface area contributed by atoms with Crippen LogP contribution in [0.15, 0.2) is 24.3 Å². The first-order valence-electron chi connectivity index (χ1n) is 8.98. The van der Waals surface area contributed by atoms with Crippen molar-refractivity contribution in [2.75, 3.05) is 0 Å². The third-order valence-corrected chi connectivity index (χ3v) is 9.38. The van der Waals surface area contributed by atoms with Crippen LogP contribution in [0.5, 0.6) is 0 Å². The van der Waals surface area contributed by atoms with Crippen LogP contribution in [0.25, 0.3) is 0 Å². The minimum atomic E-state index is -0.863. The van der Waals surface area contributed by atoms with E-state index in [0.29, 0.717) is 11.2 Å². The summed E-state index contributed by atoms with van der Waals surface area (Å²) in [7, 11) is 0. The molecule has 2 rings (SSSR count). The Morgan fingerprint density at radius 2 is 1.83 bits per heavy atom. The van der Waals surface area contributed by atoms with Crippen molar-refractivity contribution in [1.29, 1.82) is 0 Å². The summed E-state index contributed by atoms with van der Waals surface area (Å²) in [5.41, 5.74) is -0.194. The van der Waals surface area contributed by atoms with Gasteiger partial charge in [-0.2, -0.15) is 0 Å². The lowest BCUT2D eigenvalue weighted by Gasteiger charge is -2.44. The molecule has 0 bridgehead atoms. The van der Waals surface area contributed by atoms with Gasteiger partial charge in [0.05, 0.1) is 11.2 Å². The van der Waals surface area contributed by atoms with Gasteiger partial charge in [-0.25, -0.2) is 0 Å². The summed E-state index contributed by atoms with van der Waals surface area (Å²) in [4.78, 5) is 0.489. The lowest BCUT2D eigenvalue weighted by atomic mass is 9.66. The van der Waals surface area contributed by atoms with Gasteiger partial charge in [-0.1, -0.05) is 70.0 Å². The number of halogens is 2. The molecule has 0 radical (unpaired) electrons. The van der Waals surface area contributed by atoms with E-state index in [1.54, 1.807) is 0 Å². The van der Waals surface area contributed by atoms with E-state index in [4.69, 9.17) is 0 Å². The van der Waals surface area contributed by atoms with Gasteiger partial charge in [0.2, 0.25) is 0 Å². The second-order valence-corrected chi connectivity index (χ2v) is 11.1. The third kappa shape index (κ3) is 4.19. The average molecular weight is 464 g/mol. The van der Waals surface area contributed by atoms with Gasteiger partial charge in [0.1, 0.15) is 0 Å². The molecule has 2 saturated carbocycles. The van der Waals surface area contributed by atoms with Gasteiger partial charge < -0.3 is 10.2 Å². The van der Waals surface area contributed by atoms with E-state index in [9.17, 15) is 10.2 Å². The summed E-state index contributed by atoms with van der Waals surface area (Å²) in [6.07, 6.45) is 8.64. The second kappa shape index (κ2) is 7.17. The van der Waals surface area contributed by atoms with Crippen LogP contribution in [0.4, 0.5) is 0 Å². The van der Waals surface area contributed by atoms with Gasteiger partial charge in [-0.3, -0.25) is 0 Å². The molecule has 2 N–H and O–H groups in total. The molecule has 2 aliphatic rings. The van der Waals surface area contributed by atoms with E-state index in [0.717, 1.165) is 25.7 Å². The number of hydrogen-bond acceptors (Lipinski definition) is 2. The summed E-state index contributed by atoms with van der Waals surface area (Å²) in [5.74, 6) is 0.423. The van der Waals surface area contributed by atoms with Crippen LogP contribution in [-0.4, -0.2) is 31.1 Å². The summed E-state index contributed by atoms with van der Waals surface area (Å²) < 4.78 is 0. The third-order valence-electron chi connectivity index (χ3n) is 6.39. The maximum Gasteiger partial charge on any atom is 0.0828 e. The normalized spacial score (nSPS) is 42.9. The number of allylic oxidation sites excluding steroid dienone is 2. The first-order chi connectivity index (χ1) is 10.9. The lowest BCUT2D eigenvalue weighted by molar-refractivity contribution is -0.0321. The number of hydrogen-bond donors (Lipinski definition) is 2. The highest BCUT2D eigenvalue weighted by atomic mass is 79.9. The fourth-order valence-corrected chi connectivity index (χ4v) is 5.34. The predicted octanol–water partition coefficient (Wildman–Crippen LogP) is 5.36. The Balaban J connectivity index is 2.13. The Morgan fingerprint density at radius 1 is 1.21 bits per heavy atom. The van der Waals surface area contributed by atoms with Crippen molar-refractivity contribution in [2.45, 2.75) is 80.7 Å². The Bertz CT molecular complexity index is 508. The zero-order valence-electron chi connectivity index (χ0n) is 15.4. The van der Waals surface area contributed by atoms with Crippen LogP contribution in [0.2, 0.25) is 0 Å². The molecule has 0 spiro atoms. The van der Waals surface area contributed by atoms with E-state index in [1.807, 2.05) is 19.9 Å². The summed E-state index contributed by atoms with van der Waals surface area (Å²) >= 11 is 7.42. The topological polar surface area (TPSA) is 40.5 Å². The molecule has 0 amide bonds. The average Bonchev–Trinajstić information content (AvgIpc) is 2.45. The maximum absolute atomic E-state index is 11.0. The van der Waals surface area contributed by atoms with Crippen LogP contribution in [0.3, 0.4) is 0 Å². The molecule has 2 fully saturated rings. The fraction of sp³-hybridized carbons (Fsp3) is 0.800. The summed E-state index contributed by atoms with van der Waals surface area (Å²) in [6.45, 7) is 12.6. The Hall–Kier alpha value is 0.360. The number of rotatable bonds is 3. The lowest BCUT2D eigenvalue weighted by Crippen LogP contribution is -2.46. The van der Waals surface area contributed by atoms with Crippen molar-refractivity contribution in [3.05, 3.63) is 24.3 Å². The molecule has 0 aliphatic heterocycles. The zero-order valence-corrected chi connectivity index (χ0v) is 18.5. The van der Waals surface area contributed by atoms with Crippen molar-refractivity contribution < 1.29 is 10.2 Å². The van der Waals surface area contributed by atoms with Gasteiger partial charge >= 0.3 is 0 Å². The highest BCUT2D eigenvalue weighted by Gasteiger charge is 2.43. The van der Waals surface area contributed by atoms with Gasteiger partial charge in [0.25, 0.3) is 0 Å². The molecule has 24 heavy (non-hydrogen) atoms. The second-order valence-electron chi connectivity index (χ2n) is 8.84. The van der Waals surface area contributed by atoms with Crippen LogP contribution in [-0.2, 0) is 0 Å². The molecule has 0 saturated heterocycles. The minimum absolute atomic E-state index is 0.0247. The van der Waals surface area contributed by atoms with Gasteiger partial charge in [0.15, 0.2) is 0 Å². The summed E-state index contributed by atoms with van der Waals surface area (Å²) in [5, 5.41) is 21.4. The monoisotopic (exact) mass is 462 g/mol. The van der Waals surface area contributed by atoms with E-state index < -0.39 is 11.2 Å². The minimum Gasteiger partial charge on any atom is -0.389 e. The molecule has 0 heterocycles. The molecule has 6 unspecified atom stereocenters. The molecule has 6 atom stereocenters. The molecule has 0 aromatic heterocycles. The van der Waals surface area contributed by atoms with Crippen LogP contribution in [0, 0.1) is 17.3 Å². The van der Waals surface area contributed by atoms with Crippen molar-refractivity contribution >= 4 is 31.9 Å². The van der Waals surface area contributed by atoms with Gasteiger partial charge in [-0.15, -0.1) is 0 Å². The largest absolute Gasteiger partial charge is 0.389 e. The Morgan fingerprint density at radius 3 is 2.42 bits per heavy atom. The number of alkyl halides is 2. The SMILES string of the molecule is C=C1CCC(Br)C(C)(C)C1C=CC(C)(O)C1CCC(C)(O)C(Br)C1. The fourth-order valence-electron chi connectivity index (χ4n) is 4.15. The zero-order chi connectivity index (χ0) is 18.3. The molecule has 0 aromatic rings. The molecule has 0 aromatic carbocycles. The van der Waals surface area contributed by atoms with E-state index >= 15 is 0 Å². The van der Waals surface area contributed by atoms with Crippen LogP contribution < -0.4 is 0 Å². The smallest absolute Gasteiger partial charge is 0.0828 e. The van der Waals surface area contributed by atoms with Crippen molar-refractivity contribution in [3.8, 4) is 0 Å². The summed E-state index contributed by atoms with van der Waals surface area (Å²) in [6, 6.07) is 0. The van der Waals surface area contributed by atoms with Crippen molar-refractivity contribution in [1.82, 2.24) is 0 Å². The molecular formula is C20H32Br2O2. The van der Waals surface area contributed by atoms with E-state index in [2.05, 4.69) is 58.4 Å². The molecule has 138 valence electrons. The van der Waals surface area contributed by atoms with Gasteiger partial charge in [-0.05, 0) is 57.3 Å². The first-order valence-corrected chi connectivity index (χ1v) is 10.8. The predicted molar refractivity (Wildman–Crippen MR) is 109 cm³/mol. The Labute approximate surface area is 164 Å². The standard InChI is InChI=1S/C20H32Br2O2/c1-13-6-7-16(21)18(2,3)15(13)9-11-19(4,23)14-8-10-20(5,24)17(22)12-14/h9,11,14-17,23-24H,1,6-8,10,12H2,2-5H3. The molecule has 4 heteroatoms. The van der Waals surface area contributed by atoms with E-state index in [1.165, 1.54) is 5.57 Å². The van der Waals surface area contributed by atoms with Crippen LogP contribution in [0.1, 0.15) is 59.8 Å². The quantitative estimate of drug-likeness (QED) is 0.436. The van der Waals surface area contributed by atoms with Crippen LogP contribution >= 0.6 is 31.9 Å². The molecule has 2 aliphatic carbocycles. The van der Waals surface area contributed by atoms with Gasteiger partial charge in [0, 0.05) is 15.6 Å². The molecular weight excluding hydrogens is 432 g/mol.